The van der Waals surface area contributed by atoms with Crippen molar-refractivity contribution in [1.29, 1.82) is 0 Å². The van der Waals surface area contributed by atoms with Crippen LogP contribution < -0.4 is 15.4 Å². The number of anilines is 2. The lowest BCUT2D eigenvalue weighted by molar-refractivity contribution is -0.123. The van der Waals surface area contributed by atoms with E-state index >= 15 is 0 Å². The van der Waals surface area contributed by atoms with Crippen LogP contribution in [0.4, 0.5) is 24.8 Å². The molecule has 9 nitrogen and oxygen atoms in total. The van der Waals surface area contributed by atoms with Crippen molar-refractivity contribution in [3.8, 4) is 17.1 Å². The molecule has 2 heterocycles. The van der Waals surface area contributed by atoms with Gasteiger partial charge in [0.1, 0.15) is 12.3 Å². The van der Waals surface area contributed by atoms with Crippen molar-refractivity contribution >= 4 is 28.4 Å². The summed E-state index contributed by atoms with van der Waals surface area (Å²) in [4.78, 5) is 16.8. The number of fused-ring (bicyclic) bond motifs is 1. The van der Waals surface area contributed by atoms with Crippen molar-refractivity contribution in [2.75, 3.05) is 19.0 Å². The van der Waals surface area contributed by atoms with Crippen LogP contribution in [0.3, 0.4) is 0 Å². The fourth-order valence-corrected chi connectivity index (χ4v) is 3.49. The molecule has 2 aromatic carbocycles. The highest BCUT2D eigenvalue weighted by Gasteiger charge is 2.28. The average molecular weight is 473 g/mol. The summed E-state index contributed by atoms with van der Waals surface area (Å²) >= 11 is 0. The number of alkyl halides is 3. The molecule has 1 amide bonds. The van der Waals surface area contributed by atoms with Gasteiger partial charge in [-0.2, -0.15) is 23.3 Å². The number of nitrogens with one attached hydrogen (secondary N) is 3. The summed E-state index contributed by atoms with van der Waals surface area (Å²) in [5, 5.41) is 17.6. The van der Waals surface area contributed by atoms with E-state index in [-0.39, 0.29) is 11.3 Å². The van der Waals surface area contributed by atoms with E-state index in [0.29, 0.717) is 23.9 Å². The molecule has 3 N–H and O–H groups in total. The van der Waals surface area contributed by atoms with E-state index in [9.17, 15) is 18.0 Å². The fourth-order valence-electron chi connectivity index (χ4n) is 3.49. The fraction of sp³-hybridized carbons (Fsp3) is 0.273. The Labute approximate surface area is 192 Å². The van der Waals surface area contributed by atoms with Gasteiger partial charge in [0.2, 0.25) is 5.95 Å². The van der Waals surface area contributed by atoms with E-state index in [1.54, 1.807) is 16.9 Å². The maximum absolute atomic E-state index is 12.4. The number of aromatic amines is 1. The molecule has 0 bridgehead atoms. The molecule has 0 aliphatic rings. The first-order chi connectivity index (χ1) is 16.2. The van der Waals surface area contributed by atoms with Crippen LogP contribution in [-0.2, 0) is 6.54 Å². The number of carbonyl (C=O) groups is 1. The van der Waals surface area contributed by atoms with Gasteiger partial charge >= 0.3 is 6.18 Å². The minimum atomic E-state index is -4.51. The highest BCUT2D eigenvalue weighted by atomic mass is 19.4. The summed E-state index contributed by atoms with van der Waals surface area (Å²) in [7, 11) is 1.33. The lowest BCUT2D eigenvalue weighted by Gasteiger charge is -2.11. The van der Waals surface area contributed by atoms with Crippen LogP contribution in [-0.4, -0.2) is 50.7 Å². The van der Waals surface area contributed by atoms with Gasteiger partial charge in [0.05, 0.1) is 24.4 Å². The normalized spacial score (nSPS) is 11.6. The SMILES string of the molecule is CCn1nc(-c2ccc(C(=O)NCC(F)(F)F)c(OC)c2)nc1Nc1ccc2[nH]ncc2c1C. The smallest absolute Gasteiger partial charge is 0.405 e. The third-order valence-corrected chi connectivity index (χ3v) is 5.26. The Kier molecular flexibility index (Phi) is 6.14. The minimum absolute atomic E-state index is 0.0205. The Morgan fingerprint density at radius 1 is 1.24 bits per heavy atom. The summed E-state index contributed by atoms with van der Waals surface area (Å²) in [5.74, 6) is 0.0994. The highest BCUT2D eigenvalue weighted by molar-refractivity contribution is 5.97. The monoisotopic (exact) mass is 473 g/mol. The molecular formula is C22H22F3N7O2. The van der Waals surface area contributed by atoms with Crippen molar-refractivity contribution in [2.45, 2.75) is 26.6 Å². The third-order valence-electron chi connectivity index (χ3n) is 5.26. The van der Waals surface area contributed by atoms with Crippen molar-refractivity contribution < 1.29 is 22.7 Å². The molecule has 34 heavy (non-hydrogen) atoms. The molecule has 2 aromatic heterocycles. The number of halogens is 3. The van der Waals surface area contributed by atoms with Gasteiger partial charge < -0.3 is 15.4 Å². The summed E-state index contributed by atoms with van der Waals surface area (Å²) in [5.41, 5.74) is 3.28. The van der Waals surface area contributed by atoms with Crippen molar-refractivity contribution in [1.82, 2.24) is 30.3 Å². The molecule has 4 rings (SSSR count). The Bertz CT molecular complexity index is 1340. The van der Waals surface area contributed by atoms with E-state index in [1.807, 2.05) is 31.3 Å². The summed E-state index contributed by atoms with van der Waals surface area (Å²) < 4.78 is 44.2. The maximum atomic E-state index is 12.4. The number of carbonyl (C=O) groups excluding carboxylic acids is 1. The van der Waals surface area contributed by atoms with E-state index in [4.69, 9.17) is 4.74 Å². The summed E-state index contributed by atoms with van der Waals surface area (Å²) in [6, 6.07) is 8.30. The second-order valence-electron chi connectivity index (χ2n) is 7.48. The number of hydrogen-bond acceptors (Lipinski definition) is 6. The zero-order valence-electron chi connectivity index (χ0n) is 18.6. The Morgan fingerprint density at radius 2 is 2.03 bits per heavy atom. The third kappa shape index (κ3) is 4.65. The highest BCUT2D eigenvalue weighted by Crippen LogP contribution is 2.29. The van der Waals surface area contributed by atoms with Gasteiger partial charge in [0.15, 0.2) is 5.82 Å². The minimum Gasteiger partial charge on any atom is -0.496 e. The Hall–Kier alpha value is -4.09. The number of H-pyrrole nitrogens is 1. The topological polar surface area (TPSA) is 110 Å². The second kappa shape index (κ2) is 9.04. The van der Waals surface area contributed by atoms with Crippen LogP contribution in [0.25, 0.3) is 22.3 Å². The van der Waals surface area contributed by atoms with Crippen molar-refractivity contribution in [3.63, 3.8) is 0 Å². The van der Waals surface area contributed by atoms with Gasteiger partial charge in [0, 0.05) is 23.2 Å². The molecule has 0 spiro atoms. The molecule has 4 aromatic rings. The molecule has 0 fully saturated rings. The maximum Gasteiger partial charge on any atom is 0.405 e. The van der Waals surface area contributed by atoms with E-state index in [2.05, 4.69) is 25.6 Å². The van der Waals surface area contributed by atoms with Crippen LogP contribution in [0.5, 0.6) is 5.75 Å². The van der Waals surface area contributed by atoms with Gasteiger partial charge in [-0.1, -0.05) is 6.07 Å². The zero-order valence-corrected chi connectivity index (χ0v) is 18.6. The van der Waals surface area contributed by atoms with Crippen molar-refractivity contribution in [2.24, 2.45) is 0 Å². The molecule has 0 aliphatic carbocycles. The van der Waals surface area contributed by atoms with Crippen molar-refractivity contribution in [3.05, 3.63) is 47.7 Å². The molecule has 12 heteroatoms. The molecule has 0 aliphatic heterocycles. The van der Waals surface area contributed by atoms with E-state index in [1.165, 1.54) is 19.2 Å². The molecule has 178 valence electrons. The number of methoxy groups -OCH3 is 1. The predicted octanol–water partition coefficient (Wildman–Crippen LogP) is 4.19. The average Bonchev–Trinajstić information content (AvgIpc) is 3.45. The number of benzene rings is 2. The molecule has 0 unspecified atom stereocenters. The molecule has 0 saturated heterocycles. The molecular weight excluding hydrogens is 451 g/mol. The lowest BCUT2D eigenvalue weighted by atomic mass is 10.1. The van der Waals surface area contributed by atoms with Crippen LogP contribution in [0.1, 0.15) is 22.8 Å². The predicted molar refractivity (Wildman–Crippen MR) is 120 cm³/mol. The van der Waals surface area contributed by atoms with Gasteiger partial charge in [0.25, 0.3) is 5.91 Å². The van der Waals surface area contributed by atoms with E-state index in [0.717, 1.165) is 22.2 Å². The Morgan fingerprint density at radius 3 is 2.74 bits per heavy atom. The largest absolute Gasteiger partial charge is 0.496 e. The number of ether oxygens (including phenoxy) is 1. The first kappa shape index (κ1) is 23.1. The van der Waals surface area contributed by atoms with Crippen LogP contribution >= 0.6 is 0 Å². The van der Waals surface area contributed by atoms with Gasteiger partial charge in [-0.15, -0.1) is 5.10 Å². The first-order valence-corrected chi connectivity index (χ1v) is 10.4. The van der Waals surface area contributed by atoms with Crippen LogP contribution in [0.15, 0.2) is 36.5 Å². The second-order valence-corrected chi connectivity index (χ2v) is 7.48. The number of rotatable bonds is 7. The molecule has 0 atom stereocenters. The number of aromatic nitrogens is 5. The number of amides is 1. The summed E-state index contributed by atoms with van der Waals surface area (Å²) in [6.07, 6.45) is -2.76. The molecule has 0 radical (unpaired) electrons. The van der Waals surface area contributed by atoms with Gasteiger partial charge in [-0.25, -0.2) is 4.68 Å². The first-order valence-electron chi connectivity index (χ1n) is 10.4. The van der Waals surface area contributed by atoms with E-state index < -0.39 is 18.6 Å². The zero-order chi connectivity index (χ0) is 24.5. The standard InChI is InChI=1S/C22H22F3N7O2/c1-4-32-21(28-16-7-8-17-15(12(16)2)10-27-30-17)29-19(31-32)13-5-6-14(18(9-13)34-3)20(33)26-11-22(23,24)25/h5-10H,4,11H2,1-3H3,(H,26,33)(H,27,30)(H,28,29,31). The number of aryl methyl sites for hydroxylation is 2. The summed E-state index contributed by atoms with van der Waals surface area (Å²) in [6.45, 7) is 3.00. The van der Waals surface area contributed by atoms with Crippen LogP contribution in [0.2, 0.25) is 0 Å². The molecule has 0 saturated carbocycles. The quantitative estimate of drug-likeness (QED) is 0.371. The number of nitrogens with zero attached hydrogens (tertiary/aromatic N) is 4. The number of hydrogen-bond donors (Lipinski definition) is 3. The lowest BCUT2D eigenvalue weighted by Crippen LogP contribution is -2.33. The Balaban J connectivity index is 1.62. The van der Waals surface area contributed by atoms with Gasteiger partial charge in [-0.05, 0) is 43.7 Å². The van der Waals surface area contributed by atoms with Crippen LogP contribution in [0, 0.1) is 6.92 Å². The van der Waals surface area contributed by atoms with Gasteiger partial charge in [-0.3, -0.25) is 9.89 Å².